The van der Waals surface area contributed by atoms with Crippen LogP contribution in [-0.4, -0.2) is 44.9 Å². The molecule has 148 valence electrons. The van der Waals surface area contributed by atoms with Gasteiger partial charge in [0, 0.05) is 22.5 Å². The van der Waals surface area contributed by atoms with Crippen LogP contribution in [0.3, 0.4) is 0 Å². The van der Waals surface area contributed by atoms with Crippen molar-refractivity contribution >= 4 is 28.9 Å². The van der Waals surface area contributed by atoms with Crippen LogP contribution in [0, 0.1) is 0 Å². The third kappa shape index (κ3) is 4.28. The van der Waals surface area contributed by atoms with E-state index in [0.29, 0.717) is 17.3 Å². The Kier molecular flexibility index (Phi) is 4.99. The molecule has 4 rings (SSSR count). The predicted molar refractivity (Wildman–Crippen MR) is 101 cm³/mol. The topological polar surface area (TPSA) is 55.2 Å². The molecule has 2 aromatic rings. The molecule has 0 radical (unpaired) electrons. The maximum absolute atomic E-state index is 13.1. The van der Waals surface area contributed by atoms with E-state index in [1.165, 1.54) is 18.2 Å². The SMILES string of the molecule is O=C(C[NH+]1CCN(c2cccc(Cl)c2)CC1)Nc1ccc2c(c1)OC(F)(F)O2. The van der Waals surface area contributed by atoms with Gasteiger partial charge < -0.3 is 24.6 Å². The summed E-state index contributed by atoms with van der Waals surface area (Å²) in [5, 5.41) is 3.43. The Morgan fingerprint density at radius 3 is 2.64 bits per heavy atom. The van der Waals surface area contributed by atoms with Crippen molar-refractivity contribution in [3.63, 3.8) is 0 Å². The zero-order valence-electron chi connectivity index (χ0n) is 14.9. The molecule has 2 aliphatic rings. The van der Waals surface area contributed by atoms with Crippen LogP contribution in [0.4, 0.5) is 20.2 Å². The van der Waals surface area contributed by atoms with Gasteiger partial charge in [0.15, 0.2) is 18.0 Å². The molecule has 2 N–H and O–H groups in total. The molecular weight excluding hydrogens is 392 g/mol. The van der Waals surface area contributed by atoms with Gasteiger partial charge in [-0.1, -0.05) is 17.7 Å². The lowest BCUT2D eigenvalue weighted by molar-refractivity contribution is -0.892. The van der Waals surface area contributed by atoms with Gasteiger partial charge in [0.05, 0.1) is 26.2 Å². The van der Waals surface area contributed by atoms with Crippen LogP contribution in [0.1, 0.15) is 0 Å². The van der Waals surface area contributed by atoms with Crippen molar-refractivity contribution in [1.29, 1.82) is 0 Å². The van der Waals surface area contributed by atoms with Crippen LogP contribution in [0.15, 0.2) is 42.5 Å². The number of alkyl halides is 2. The van der Waals surface area contributed by atoms with Gasteiger partial charge in [0.2, 0.25) is 0 Å². The van der Waals surface area contributed by atoms with E-state index in [1.54, 1.807) is 0 Å². The van der Waals surface area contributed by atoms with Crippen molar-refractivity contribution in [3.05, 3.63) is 47.5 Å². The molecule has 1 fully saturated rings. The first kappa shape index (κ1) is 18.8. The summed E-state index contributed by atoms with van der Waals surface area (Å²) in [7, 11) is 0. The average molecular weight is 411 g/mol. The highest BCUT2D eigenvalue weighted by Crippen LogP contribution is 2.42. The van der Waals surface area contributed by atoms with E-state index in [-0.39, 0.29) is 17.4 Å². The molecule has 0 aromatic heterocycles. The summed E-state index contributed by atoms with van der Waals surface area (Å²) >= 11 is 6.05. The first-order valence-electron chi connectivity index (χ1n) is 8.92. The Bertz CT molecular complexity index is 888. The molecule has 2 aromatic carbocycles. The van der Waals surface area contributed by atoms with Crippen LogP contribution in [-0.2, 0) is 4.79 Å². The lowest BCUT2D eigenvalue weighted by atomic mass is 10.2. The molecule has 6 nitrogen and oxygen atoms in total. The molecule has 0 unspecified atom stereocenters. The number of nitrogens with zero attached hydrogens (tertiary/aromatic N) is 1. The molecule has 0 bridgehead atoms. The third-order valence-electron chi connectivity index (χ3n) is 4.74. The van der Waals surface area contributed by atoms with Crippen LogP contribution in [0.25, 0.3) is 0 Å². The molecule has 0 spiro atoms. The molecule has 0 saturated carbocycles. The summed E-state index contributed by atoms with van der Waals surface area (Å²) in [4.78, 5) is 15.7. The van der Waals surface area contributed by atoms with E-state index < -0.39 is 6.29 Å². The predicted octanol–water partition coefficient (Wildman–Crippen LogP) is 2.01. The second kappa shape index (κ2) is 7.44. The average Bonchev–Trinajstić information content (AvgIpc) is 2.95. The molecule has 28 heavy (non-hydrogen) atoms. The normalized spacial score (nSPS) is 18.2. The number of halogens is 3. The molecular formula is C19H19ClF2N3O3+. The van der Waals surface area contributed by atoms with Crippen LogP contribution in [0.2, 0.25) is 5.02 Å². The van der Waals surface area contributed by atoms with Gasteiger partial charge in [-0.15, -0.1) is 8.78 Å². The fourth-order valence-corrected chi connectivity index (χ4v) is 3.57. The lowest BCUT2D eigenvalue weighted by Gasteiger charge is -2.33. The van der Waals surface area contributed by atoms with E-state index in [1.807, 2.05) is 24.3 Å². The van der Waals surface area contributed by atoms with Crippen molar-refractivity contribution in [3.8, 4) is 11.5 Å². The molecule has 1 saturated heterocycles. The molecule has 9 heteroatoms. The Morgan fingerprint density at radius 1 is 1.14 bits per heavy atom. The molecule has 2 aliphatic heterocycles. The maximum atomic E-state index is 13.1. The Labute approximate surface area is 165 Å². The fourth-order valence-electron chi connectivity index (χ4n) is 3.39. The van der Waals surface area contributed by atoms with Crippen LogP contribution >= 0.6 is 11.6 Å². The third-order valence-corrected chi connectivity index (χ3v) is 4.97. The number of rotatable bonds is 4. The number of hydrogen-bond donors (Lipinski definition) is 2. The number of carbonyl (C=O) groups is 1. The van der Waals surface area contributed by atoms with Crippen molar-refractivity contribution in [2.24, 2.45) is 0 Å². The number of quaternary nitrogens is 1. The molecule has 0 aliphatic carbocycles. The van der Waals surface area contributed by atoms with Crippen LogP contribution in [0.5, 0.6) is 11.5 Å². The van der Waals surface area contributed by atoms with Crippen molar-refractivity contribution in [2.45, 2.75) is 6.29 Å². The summed E-state index contributed by atoms with van der Waals surface area (Å²) in [6, 6.07) is 11.9. The maximum Gasteiger partial charge on any atom is 0.586 e. The van der Waals surface area contributed by atoms with Crippen molar-refractivity contribution in [2.75, 3.05) is 42.9 Å². The van der Waals surface area contributed by atoms with Gasteiger partial charge in [0.1, 0.15) is 0 Å². The van der Waals surface area contributed by atoms with Gasteiger partial charge >= 0.3 is 6.29 Å². The number of ether oxygens (including phenoxy) is 2. The lowest BCUT2D eigenvalue weighted by Crippen LogP contribution is -3.15. The first-order chi connectivity index (χ1) is 13.4. The molecule has 1 amide bonds. The van der Waals surface area contributed by atoms with E-state index in [4.69, 9.17) is 11.6 Å². The van der Waals surface area contributed by atoms with Gasteiger partial charge in [-0.25, -0.2) is 0 Å². The molecule has 0 atom stereocenters. The van der Waals surface area contributed by atoms with Gasteiger partial charge in [0.25, 0.3) is 5.91 Å². The second-order valence-corrected chi connectivity index (χ2v) is 7.21. The minimum absolute atomic E-state index is 0.0502. The number of anilines is 2. The molecule has 2 heterocycles. The Hall–Kier alpha value is -2.58. The zero-order valence-corrected chi connectivity index (χ0v) is 15.6. The standard InChI is InChI=1S/C19H18ClF2N3O3/c20-13-2-1-3-15(10-13)25-8-6-24(7-9-25)12-18(26)23-14-4-5-16-17(11-14)28-19(21,22)27-16/h1-5,10-11H,6-9,12H2,(H,23,26)/p+1. The summed E-state index contributed by atoms with van der Waals surface area (Å²) < 4.78 is 34.9. The van der Waals surface area contributed by atoms with E-state index in [2.05, 4.69) is 19.7 Å². The number of fused-ring (bicyclic) bond motifs is 1. The number of amides is 1. The van der Waals surface area contributed by atoms with Crippen LogP contribution < -0.4 is 24.6 Å². The minimum Gasteiger partial charge on any atom is -0.395 e. The number of benzene rings is 2. The summed E-state index contributed by atoms with van der Waals surface area (Å²) in [5.74, 6) is -0.326. The number of piperazine rings is 1. The van der Waals surface area contributed by atoms with Crippen molar-refractivity contribution in [1.82, 2.24) is 0 Å². The Morgan fingerprint density at radius 2 is 1.89 bits per heavy atom. The summed E-state index contributed by atoms with van der Waals surface area (Å²) in [5.41, 5.74) is 1.47. The van der Waals surface area contributed by atoms with E-state index in [0.717, 1.165) is 36.8 Å². The highest BCUT2D eigenvalue weighted by molar-refractivity contribution is 6.30. The summed E-state index contributed by atoms with van der Waals surface area (Å²) in [6.45, 7) is 3.57. The second-order valence-electron chi connectivity index (χ2n) is 6.77. The van der Waals surface area contributed by atoms with Gasteiger partial charge in [-0.05, 0) is 30.3 Å². The van der Waals surface area contributed by atoms with Gasteiger partial charge in [-0.2, -0.15) is 0 Å². The van der Waals surface area contributed by atoms with E-state index >= 15 is 0 Å². The highest BCUT2D eigenvalue weighted by Gasteiger charge is 2.43. The first-order valence-corrected chi connectivity index (χ1v) is 9.30. The monoisotopic (exact) mass is 410 g/mol. The van der Waals surface area contributed by atoms with Crippen molar-refractivity contribution < 1.29 is 27.9 Å². The van der Waals surface area contributed by atoms with Gasteiger partial charge in [-0.3, -0.25) is 4.79 Å². The fraction of sp³-hybridized carbons (Fsp3) is 0.316. The number of hydrogen-bond acceptors (Lipinski definition) is 4. The smallest absolute Gasteiger partial charge is 0.395 e. The quantitative estimate of drug-likeness (QED) is 0.809. The highest BCUT2D eigenvalue weighted by atomic mass is 35.5. The van der Waals surface area contributed by atoms with E-state index in [9.17, 15) is 13.6 Å². The summed E-state index contributed by atoms with van der Waals surface area (Å²) in [6.07, 6.45) is -3.67. The largest absolute Gasteiger partial charge is 0.586 e. The number of nitrogens with one attached hydrogen (secondary N) is 2. The Balaban J connectivity index is 1.29. The zero-order chi connectivity index (χ0) is 19.7. The number of carbonyl (C=O) groups excluding carboxylic acids is 1. The minimum atomic E-state index is -3.67.